The number of para-hydroxylation sites is 1. The fourth-order valence-electron chi connectivity index (χ4n) is 3.58. The minimum Gasteiger partial charge on any atom is -0.324 e. The van der Waals surface area contributed by atoms with Gasteiger partial charge in [0.1, 0.15) is 11.6 Å². The first kappa shape index (κ1) is 21.4. The number of alkyl halides is 3. The Morgan fingerprint density at radius 3 is 2.58 bits per heavy atom. The summed E-state index contributed by atoms with van der Waals surface area (Å²) in [6, 6.07) is 8.08. The highest BCUT2D eigenvalue weighted by atomic mass is 32.2. The number of thioether (sulfide) groups is 1. The van der Waals surface area contributed by atoms with E-state index in [1.165, 1.54) is 31.4 Å². The first-order valence-corrected chi connectivity index (χ1v) is 10.8. The molecule has 4 rings (SSSR count). The van der Waals surface area contributed by atoms with Gasteiger partial charge < -0.3 is 5.32 Å². The molecule has 7 nitrogen and oxygen atoms in total. The van der Waals surface area contributed by atoms with Crippen molar-refractivity contribution in [1.82, 2.24) is 19.4 Å². The molecule has 0 bridgehead atoms. The van der Waals surface area contributed by atoms with Crippen molar-refractivity contribution in [3.63, 3.8) is 0 Å². The molecular weight excluding hydrogens is 431 g/mol. The third-order valence-corrected chi connectivity index (χ3v) is 6.32. The molecule has 1 saturated carbocycles. The Hall–Kier alpha value is -2.82. The van der Waals surface area contributed by atoms with Gasteiger partial charge in [-0.3, -0.25) is 4.79 Å². The minimum atomic E-state index is -4.61. The van der Waals surface area contributed by atoms with E-state index in [0.717, 1.165) is 34.2 Å². The predicted octanol–water partition coefficient (Wildman–Crippen LogP) is 3.97. The molecule has 1 N–H and O–H groups in total. The van der Waals surface area contributed by atoms with Crippen LogP contribution >= 0.6 is 11.8 Å². The maximum atomic E-state index is 13.1. The van der Waals surface area contributed by atoms with E-state index in [1.54, 1.807) is 23.9 Å². The molecule has 3 aromatic rings. The van der Waals surface area contributed by atoms with E-state index in [0.29, 0.717) is 10.3 Å². The lowest BCUT2D eigenvalue weighted by Gasteiger charge is -2.20. The molecule has 0 saturated heterocycles. The van der Waals surface area contributed by atoms with Crippen LogP contribution in [0.15, 0.2) is 46.2 Å². The van der Waals surface area contributed by atoms with Crippen LogP contribution in [0.5, 0.6) is 0 Å². The molecule has 0 spiro atoms. The van der Waals surface area contributed by atoms with Crippen LogP contribution in [0.1, 0.15) is 37.7 Å². The summed E-state index contributed by atoms with van der Waals surface area (Å²) in [4.78, 5) is 24.9. The van der Waals surface area contributed by atoms with Gasteiger partial charge >= 0.3 is 11.9 Å². The van der Waals surface area contributed by atoms with Crippen molar-refractivity contribution in [2.75, 3.05) is 5.32 Å². The number of fused-ring (bicyclic) bond motifs is 1. The van der Waals surface area contributed by atoms with Gasteiger partial charge in [-0.15, -0.1) is 16.9 Å². The maximum Gasteiger partial charge on any atom is 0.418 e. The second kappa shape index (κ2) is 8.74. The van der Waals surface area contributed by atoms with E-state index < -0.39 is 29.9 Å². The lowest BCUT2D eigenvalue weighted by atomic mass is 10.0. The zero-order valence-corrected chi connectivity index (χ0v) is 17.2. The van der Waals surface area contributed by atoms with Gasteiger partial charge in [-0.25, -0.2) is 9.48 Å². The number of nitrogens with zero attached hydrogens (tertiary/aromatic N) is 4. The Labute approximate surface area is 179 Å². The van der Waals surface area contributed by atoms with Crippen LogP contribution in [-0.2, 0) is 17.5 Å². The first-order chi connectivity index (χ1) is 14.8. The summed E-state index contributed by atoms with van der Waals surface area (Å²) >= 11 is 1.62. The quantitative estimate of drug-likeness (QED) is 0.635. The number of benzene rings is 1. The minimum absolute atomic E-state index is 0.265. The molecule has 0 unspecified atom stereocenters. The van der Waals surface area contributed by atoms with Crippen LogP contribution < -0.4 is 11.0 Å². The summed E-state index contributed by atoms with van der Waals surface area (Å²) in [5, 5.41) is 11.8. The largest absolute Gasteiger partial charge is 0.418 e. The molecule has 11 heteroatoms. The van der Waals surface area contributed by atoms with Gasteiger partial charge in [0.05, 0.1) is 11.3 Å². The van der Waals surface area contributed by atoms with Gasteiger partial charge in [-0.2, -0.15) is 22.8 Å². The average molecular weight is 451 g/mol. The molecule has 1 aromatic carbocycles. The third kappa shape index (κ3) is 4.92. The van der Waals surface area contributed by atoms with Crippen LogP contribution in [0.4, 0.5) is 18.9 Å². The molecule has 0 radical (unpaired) electrons. The Morgan fingerprint density at radius 2 is 1.84 bits per heavy atom. The van der Waals surface area contributed by atoms with Crippen molar-refractivity contribution in [3.8, 4) is 0 Å². The Bertz CT molecular complexity index is 1150. The highest BCUT2D eigenvalue weighted by Gasteiger charge is 2.33. The maximum absolute atomic E-state index is 13.1. The normalized spacial score (nSPS) is 15.3. The van der Waals surface area contributed by atoms with Crippen molar-refractivity contribution in [3.05, 3.63) is 52.4 Å². The molecule has 1 aliphatic carbocycles. The summed E-state index contributed by atoms with van der Waals surface area (Å²) < 4.78 is 41.3. The highest BCUT2D eigenvalue weighted by molar-refractivity contribution is 7.99. The fourth-order valence-corrected chi connectivity index (χ4v) is 4.76. The van der Waals surface area contributed by atoms with Crippen molar-refractivity contribution < 1.29 is 18.0 Å². The molecular formula is C20H20F3N5O2S. The van der Waals surface area contributed by atoms with Crippen LogP contribution in [0.2, 0.25) is 0 Å². The zero-order chi connectivity index (χ0) is 22.0. The highest BCUT2D eigenvalue weighted by Crippen LogP contribution is 2.34. The molecule has 2 heterocycles. The Balaban J connectivity index is 1.50. The monoisotopic (exact) mass is 451 g/mol. The summed E-state index contributed by atoms with van der Waals surface area (Å²) in [6.45, 7) is -0.528. The summed E-state index contributed by atoms with van der Waals surface area (Å²) in [7, 11) is 0. The number of amides is 1. The number of carbonyl (C=O) groups excluding carboxylic acids is 1. The Morgan fingerprint density at radius 1 is 1.10 bits per heavy atom. The zero-order valence-electron chi connectivity index (χ0n) is 16.4. The lowest BCUT2D eigenvalue weighted by molar-refractivity contribution is -0.137. The first-order valence-electron chi connectivity index (χ1n) is 9.91. The van der Waals surface area contributed by atoms with Gasteiger partial charge in [0.25, 0.3) is 0 Å². The number of hydrogen-bond donors (Lipinski definition) is 1. The third-order valence-electron chi connectivity index (χ3n) is 5.06. The standard InChI is InChI=1S/C20H20F3N5O2S/c21-20(22,23)14-8-4-5-9-15(14)24-17(29)12-27-19(30)28-16(25-27)10-11-18(26-28)31-13-6-2-1-3-7-13/h4-5,8-11,13H,1-3,6-7,12H2,(H,24,29). The molecule has 31 heavy (non-hydrogen) atoms. The van der Waals surface area contributed by atoms with E-state index >= 15 is 0 Å². The van der Waals surface area contributed by atoms with E-state index in [-0.39, 0.29) is 11.3 Å². The van der Waals surface area contributed by atoms with Gasteiger partial charge in [-0.1, -0.05) is 31.4 Å². The number of aromatic nitrogens is 4. The van der Waals surface area contributed by atoms with E-state index in [2.05, 4.69) is 15.5 Å². The molecule has 1 fully saturated rings. The molecule has 164 valence electrons. The molecule has 0 aliphatic heterocycles. The fraction of sp³-hybridized carbons (Fsp3) is 0.400. The van der Waals surface area contributed by atoms with E-state index in [4.69, 9.17) is 0 Å². The van der Waals surface area contributed by atoms with Crippen molar-refractivity contribution in [1.29, 1.82) is 0 Å². The van der Waals surface area contributed by atoms with E-state index in [1.807, 2.05) is 0 Å². The van der Waals surface area contributed by atoms with Gasteiger partial charge in [-0.05, 0) is 37.1 Å². The van der Waals surface area contributed by atoms with Gasteiger partial charge in [0.2, 0.25) is 5.91 Å². The summed E-state index contributed by atoms with van der Waals surface area (Å²) in [5.74, 6) is -0.793. The molecule has 2 aromatic heterocycles. The van der Waals surface area contributed by atoms with Gasteiger partial charge in [0.15, 0.2) is 5.65 Å². The molecule has 0 atom stereocenters. The van der Waals surface area contributed by atoms with E-state index in [9.17, 15) is 22.8 Å². The van der Waals surface area contributed by atoms with Crippen molar-refractivity contribution in [2.24, 2.45) is 0 Å². The number of carbonyl (C=O) groups is 1. The summed E-state index contributed by atoms with van der Waals surface area (Å²) in [6.07, 6.45) is 1.22. The molecule has 1 amide bonds. The van der Waals surface area contributed by atoms with Crippen molar-refractivity contribution >= 4 is 29.0 Å². The predicted molar refractivity (Wildman–Crippen MR) is 110 cm³/mol. The smallest absolute Gasteiger partial charge is 0.324 e. The van der Waals surface area contributed by atoms with Crippen LogP contribution in [0, 0.1) is 0 Å². The SMILES string of the molecule is O=C(Cn1nc2ccc(SC3CCCCC3)nn2c1=O)Nc1ccccc1C(F)(F)F. The van der Waals surface area contributed by atoms with Gasteiger partial charge in [0, 0.05) is 5.25 Å². The lowest BCUT2D eigenvalue weighted by Crippen LogP contribution is -2.29. The average Bonchev–Trinajstić information content (AvgIpc) is 3.03. The number of rotatable bonds is 5. The molecule has 1 aliphatic rings. The van der Waals surface area contributed by atoms with Crippen molar-refractivity contribution in [2.45, 2.75) is 55.1 Å². The number of halogens is 3. The Kier molecular flexibility index (Phi) is 6.03. The van der Waals surface area contributed by atoms with Crippen LogP contribution in [-0.4, -0.2) is 30.6 Å². The second-order valence-corrected chi connectivity index (χ2v) is 8.67. The van der Waals surface area contributed by atoms with Crippen LogP contribution in [0.25, 0.3) is 5.65 Å². The second-order valence-electron chi connectivity index (χ2n) is 7.35. The topological polar surface area (TPSA) is 81.3 Å². The summed E-state index contributed by atoms with van der Waals surface area (Å²) in [5.41, 5.74) is -1.69. The number of anilines is 1. The number of nitrogens with one attached hydrogen (secondary N) is 1. The number of hydrogen-bond acceptors (Lipinski definition) is 5. The van der Waals surface area contributed by atoms with Crippen LogP contribution in [0.3, 0.4) is 0 Å².